The molecule has 48 valence electrons. The second-order valence-corrected chi connectivity index (χ2v) is 1.47. The van der Waals surface area contributed by atoms with Crippen LogP contribution in [0.15, 0.2) is 12.4 Å². The molecule has 0 spiro atoms. The van der Waals surface area contributed by atoms with Crippen LogP contribution in [-0.4, -0.2) is 17.0 Å². The monoisotopic (exact) mass is 127 g/mol. The fraction of sp³-hybridized carbons (Fsp3) is 0.200. The maximum absolute atomic E-state index is 12.1. The van der Waals surface area contributed by atoms with Crippen molar-refractivity contribution >= 4 is 5.95 Å². The lowest BCUT2D eigenvalue weighted by Gasteiger charge is -1.93. The Morgan fingerprint density at radius 1 is 1.44 bits per heavy atom. The van der Waals surface area contributed by atoms with Gasteiger partial charge in [-0.2, -0.15) is 0 Å². The molecule has 0 aliphatic heterocycles. The highest BCUT2D eigenvalue weighted by Gasteiger charge is 1.90. The maximum Gasteiger partial charge on any atom is 0.222 e. The molecule has 0 saturated carbocycles. The lowest BCUT2D eigenvalue weighted by molar-refractivity contribution is 0.614. The molecule has 0 fully saturated rings. The summed E-state index contributed by atoms with van der Waals surface area (Å²) in [6.45, 7) is 0. The van der Waals surface area contributed by atoms with Crippen LogP contribution in [0.5, 0.6) is 0 Å². The third-order valence-corrected chi connectivity index (χ3v) is 0.844. The van der Waals surface area contributed by atoms with Gasteiger partial charge in [-0.05, 0) is 0 Å². The molecule has 0 radical (unpaired) electrons. The van der Waals surface area contributed by atoms with Crippen LogP contribution in [0.25, 0.3) is 0 Å². The second kappa shape index (κ2) is 2.39. The number of anilines is 1. The fourth-order valence-electron chi connectivity index (χ4n) is 0.441. The van der Waals surface area contributed by atoms with Crippen molar-refractivity contribution in [2.24, 2.45) is 0 Å². The first-order valence-corrected chi connectivity index (χ1v) is 2.48. The summed E-state index contributed by atoms with van der Waals surface area (Å²) < 4.78 is 12.1. The van der Waals surface area contributed by atoms with Gasteiger partial charge in [0.25, 0.3) is 0 Å². The molecule has 0 aromatic carbocycles. The van der Waals surface area contributed by atoms with E-state index in [-0.39, 0.29) is 0 Å². The topological polar surface area (TPSA) is 37.8 Å². The van der Waals surface area contributed by atoms with E-state index in [0.717, 1.165) is 12.4 Å². The van der Waals surface area contributed by atoms with Gasteiger partial charge in [0.2, 0.25) is 5.95 Å². The van der Waals surface area contributed by atoms with Gasteiger partial charge >= 0.3 is 0 Å². The van der Waals surface area contributed by atoms with Crippen LogP contribution in [0.3, 0.4) is 0 Å². The van der Waals surface area contributed by atoms with E-state index in [1.54, 1.807) is 7.05 Å². The molecule has 1 aromatic rings. The first-order chi connectivity index (χ1) is 4.33. The smallest absolute Gasteiger partial charge is 0.222 e. The molecule has 1 aromatic heterocycles. The molecule has 4 heteroatoms. The molecule has 0 aliphatic carbocycles. The summed E-state index contributed by atoms with van der Waals surface area (Å²) in [5, 5.41) is 2.67. The van der Waals surface area contributed by atoms with Crippen LogP contribution in [0.1, 0.15) is 0 Å². The molecule has 3 nitrogen and oxygen atoms in total. The van der Waals surface area contributed by atoms with Crippen LogP contribution in [0.4, 0.5) is 10.3 Å². The Hall–Kier alpha value is -1.19. The number of aromatic nitrogens is 2. The quantitative estimate of drug-likeness (QED) is 0.602. The number of nitrogens with one attached hydrogen (secondary N) is 1. The first-order valence-electron chi connectivity index (χ1n) is 2.48. The predicted octanol–water partition coefficient (Wildman–Crippen LogP) is 0.657. The zero-order valence-corrected chi connectivity index (χ0v) is 4.93. The van der Waals surface area contributed by atoms with Gasteiger partial charge < -0.3 is 5.32 Å². The summed E-state index contributed by atoms with van der Waals surface area (Å²) in [6.07, 6.45) is 2.22. The van der Waals surface area contributed by atoms with Crippen LogP contribution in [0.2, 0.25) is 0 Å². The third-order valence-electron chi connectivity index (χ3n) is 0.844. The average molecular weight is 127 g/mol. The van der Waals surface area contributed by atoms with Gasteiger partial charge in [0.05, 0.1) is 12.4 Å². The van der Waals surface area contributed by atoms with Crippen molar-refractivity contribution in [1.29, 1.82) is 0 Å². The number of hydrogen-bond acceptors (Lipinski definition) is 3. The second-order valence-electron chi connectivity index (χ2n) is 1.47. The summed E-state index contributed by atoms with van der Waals surface area (Å²) in [5.74, 6) is 0.00500. The Morgan fingerprint density at radius 2 is 2.00 bits per heavy atom. The molecule has 1 N–H and O–H groups in total. The van der Waals surface area contributed by atoms with Gasteiger partial charge in [-0.25, -0.2) is 14.4 Å². The summed E-state index contributed by atoms with van der Waals surface area (Å²) in [5.41, 5.74) is 0. The zero-order valence-electron chi connectivity index (χ0n) is 4.93. The van der Waals surface area contributed by atoms with Crippen molar-refractivity contribution in [1.82, 2.24) is 9.97 Å². The van der Waals surface area contributed by atoms with Crippen LogP contribution >= 0.6 is 0 Å². The van der Waals surface area contributed by atoms with E-state index in [1.807, 2.05) is 0 Å². The number of hydrogen-bond donors (Lipinski definition) is 1. The first kappa shape index (κ1) is 5.94. The SMILES string of the molecule is CNc1ncc(F)cn1. The minimum atomic E-state index is -0.422. The molecule has 1 rings (SSSR count). The summed E-state index contributed by atoms with van der Waals surface area (Å²) in [7, 11) is 1.67. The maximum atomic E-state index is 12.1. The summed E-state index contributed by atoms with van der Waals surface area (Å²) >= 11 is 0. The fourth-order valence-corrected chi connectivity index (χ4v) is 0.441. The van der Waals surface area contributed by atoms with Gasteiger partial charge in [0.15, 0.2) is 5.82 Å². The number of halogens is 1. The van der Waals surface area contributed by atoms with E-state index in [2.05, 4.69) is 15.3 Å². The van der Waals surface area contributed by atoms with E-state index in [9.17, 15) is 4.39 Å². The van der Waals surface area contributed by atoms with Gasteiger partial charge in [-0.3, -0.25) is 0 Å². The normalized spacial score (nSPS) is 9.11. The lowest BCUT2D eigenvalue weighted by atomic mass is 10.6. The van der Waals surface area contributed by atoms with Gasteiger partial charge in [-0.1, -0.05) is 0 Å². The van der Waals surface area contributed by atoms with Crippen LogP contribution in [0, 0.1) is 5.82 Å². The molecule has 1 heterocycles. The highest BCUT2D eigenvalue weighted by atomic mass is 19.1. The standard InChI is InChI=1S/C5H6FN3/c1-7-5-8-2-4(6)3-9-5/h2-3H,1H3,(H,7,8,9). The molecular weight excluding hydrogens is 121 g/mol. The zero-order chi connectivity index (χ0) is 6.69. The van der Waals surface area contributed by atoms with E-state index >= 15 is 0 Å². The highest BCUT2D eigenvalue weighted by Crippen LogP contribution is 1.95. The Balaban J connectivity index is 2.88. The Labute approximate surface area is 52.0 Å². The van der Waals surface area contributed by atoms with Crippen LogP contribution in [-0.2, 0) is 0 Å². The highest BCUT2D eigenvalue weighted by molar-refractivity contribution is 5.20. The molecular formula is C5H6FN3. The van der Waals surface area contributed by atoms with Crippen LogP contribution < -0.4 is 5.32 Å². The van der Waals surface area contributed by atoms with Crippen molar-refractivity contribution < 1.29 is 4.39 Å². The summed E-state index contributed by atoms with van der Waals surface area (Å²) in [6, 6.07) is 0. The van der Waals surface area contributed by atoms with Crippen molar-refractivity contribution in [2.75, 3.05) is 12.4 Å². The van der Waals surface area contributed by atoms with Gasteiger partial charge in [0, 0.05) is 7.05 Å². The molecule has 0 aliphatic rings. The van der Waals surface area contributed by atoms with E-state index in [0.29, 0.717) is 5.95 Å². The Kier molecular flexibility index (Phi) is 1.58. The summed E-state index contributed by atoms with van der Waals surface area (Å²) in [4.78, 5) is 7.20. The molecule has 9 heavy (non-hydrogen) atoms. The lowest BCUT2D eigenvalue weighted by Crippen LogP contribution is -1.94. The Morgan fingerprint density at radius 3 is 2.44 bits per heavy atom. The third kappa shape index (κ3) is 1.35. The van der Waals surface area contributed by atoms with Crippen molar-refractivity contribution in [2.45, 2.75) is 0 Å². The predicted molar refractivity (Wildman–Crippen MR) is 31.5 cm³/mol. The number of rotatable bonds is 1. The van der Waals surface area contributed by atoms with Gasteiger partial charge in [0.1, 0.15) is 0 Å². The molecule has 0 unspecified atom stereocenters. The molecule has 0 amide bonds. The largest absolute Gasteiger partial charge is 0.357 e. The van der Waals surface area contributed by atoms with Crippen molar-refractivity contribution in [3.63, 3.8) is 0 Å². The van der Waals surface area contributed by atoms with E-state index in [1.165, 1.54) is 0 Å². The number of nitrogens with zero attached hydrogens (tertiary/aromatic N) is 2. The average Bonchev–Trinajstić information content (AvgIpc) is 1.90. The van der Waals surface area contributed by atoms with Crippen molar-refractivity contribution in [3.05, 3.63) is 18.2 Å². The van der Waals surface area contributed by atoms with Gasteiger partial charge in [-0.15, -0.1) is 0 Å². The van der Waals surface area contributed by atoms with E-state index < -0.39 is 5.82 Å². The minimum Gasteiger partial charge on any atom is -0.357 e. The minimum absolute atomic E-state index is 0.422. The molecule has 0 saturated heterocycles. The van der Waals surface area contributed by atoms with E-state index in [4.69, 9.17) is 0 Å². The Bertz CT molecular complexity index is 184. The van der Waals surface area contributed by atoms with Crippen molar-refractivity contribution in [3.8, 4) is 0 Å². The molecule has 0 bridgehead atoms. The molecule has 0 atom stereocenters.